The molecular weight excluding hydrogens is 274 g/mol. The van der Waals surface area contributed by atoms with Crippen molar-refractivity contribution in [2.24, 2.45) is 0 Å². The first-order chi connectivity index (χ1) is 8.44. The molecule has 7 heteroatoms. The van der Waals surface area contributed by atoms with Crippen LogP contribution in [0.1, 0.15) is 12.8 Å². The molecule has 1 saturated heterocycles. The molecule has 1 aromatic heterocycles. The molecule has 1 aromatic rings. The van der Waals surface area contributed by atoms with Crippen LogP contribution in [-0.4, -0.2) is 38.8 Å². The Hall–Kier alpha value is -0.850. The van der Waals surface area contributed by atoms with Crippen LogP contribution in [0.5, 0.6) is 0 Å². The van der Waals surface area contributed by atoms with E-state index < -0.39 is 10.0 Å². The van der Waals surface area contributed by atoms with Gasteiger partial charge in [0.05, 0.1) is 11.3 Å². The van der Waals surface area contributed by atoms with Crippen molar-refractivity contribution in [3.05, 3.63) is 23.4 Å². The second-order valence-electron chi connectivity index (χ2n) is 4.51. The van der Waals surface area contributed by atoms with E-state index in [1.807, 2.05) is 6.07 Å². The molecule has 0 spiro atoms. The average Bonchev–Trinajstić information content (AvgIpc) is 2.28. The zero-order valence-corrected chi connectivity index (χ0v) is 11.7. The van der Waals surface area contributed by atoms with Gasteiger partial charge in [0.15, 0.2) is 0 Å². The van der Waals surface area contributed by atoms with Crippen LogP contribution >= 0.6 is 11.6 Å². The first-order valence-corrected chi connectivity index (χ1v) is 8.05. The molecule has 0 aromatic carbocycles. The van der Waals surface area contributed by atoms with E-state index in [0.717, 1.165) is 25.2 Å². The van der Waals surface area contributed by atoms with Gasteiger partial charge in [-0.2, -0.15) is 0 Å². The molecule has 1 atom stereocenters. The molecule has 0 aliphatic carbocycles. The Kier molecular flexibility index (Phi) is 4.09. The maximum atomic E-state index is 11.2. The van der Waals surface area contributed by atoms with Crippen LogP contribution in [0.25, 0.3) is 0 Å². The van der Waals surface area contributed by atoms with Gasteiger partial charge in [-0.15, -0.1) is 0 Å². The summed E-state index contributed by atoms with van der Waals surface area (Å²) in [7, 11) is -3.15. The quantitative estimate of drug-likeness (QED) is 0.910. The number of hydrogen-bond acceptors (Lipinski definition) is 4. The summed E-state index contributed by atoms with van der Waals surface area (Å²) in [5.74, 6) is 0.833. The molecule has 1 fully saturated rings. The standard InChI is InChI=1S/C11H16ClN3O2S/c1-18(16,17)14-10-3-2-6-15(8-10)11-5-4-9(12)7-13-11/h4-5,7,10,14H,2-3,6,8H2,1H3/t10-/m0/s1. The summed E-state index contributed by atoms with van der Waals surface area (Å²) in [6, 6.07) is 3.59. The van der Waals surface area contributed by atoms with E-state index in [4.69, 9.17) is 11.6 Å². The van der Waals surface area contributed by atoms with Crippen LogP contribution in [0.3, 0.4) is 0 Å². The van der Waals surface area contributed by atoms with Crippen LogP contribution in [0.4, 0.5) is 5.82 Å². The van der Waals surface area contributed by atoms with Gasteiger partial charge in [0.25, 0.3) is 0 Å². The van der Waals surface area contributed by atoms with Gasteiger partial charge < -0.3 is 4.90 Å². The molecule has 1 aliphatic rings. The molecular formula is C11H16ClN3O2S. The van der Waals surface area contributed by atoms with Crippen molar-refractivity contribution in [2.75, 3.05) is 24.2 Å². The number of anilines is 1. The third kappa shape index (κ3) is 3.83. The summed E-state index contributed by atoms with van der Waals surface area (Å²) in [5.41, 5.74) is 0. The van der Waals surface area contributed by atoms with Crippen molar-refractivity contribution in [1.29, 1.82) is 0 Å². The number of halogens is 1. The zero-order chi connectivity index (χ0) is 13.2. The monoisotopic (exact) mass is 289 g/mol. The summed E-state index contributed by atoms with van der Waals surface area (Å²) in [5, 5.41) is 0.599. The molecule has 18 heavy (non-hydrogen) atoms. The number of sulfonamides is 1. The van der Waals surface area contributed by atoms with Crippen molar-refractivity contribution < 1.29 is 8.42 Å². The molecule has 0 radical (unpaired) electrons. The van der Waals surface area contributed by atoms with Crippen LogP contribution in [0.2, 0.25) is 5.02 Å². The van der Waals surface area contributed by atoms with Crippen molar-refractivity contribution in [3.63, 3.8) is 0 Å². The normalized spacial score (nSPS) is 21.0. The lowest BCUT2D eigenvalue weighted by Crippen LogP contribution is -2.47. The van der Waals surface area contributed by atoms with E-state index in [-0.39, 0.29) is 6.04 Å². The molecule has 0 saturated carbocycles. The molecule has 2 heterocycles. The average molecular weight is 290 g/mol. The lowest BCUT2D eigenvalue weighted by Gasteiger charge is -2.33. The fourth-order valence-corrected chi connectivity index (χ4v) is 3.05. The third-order valence-electron chi connectivity index (χ3n) is 2.84. The van der Waals surface area contributed by atoms with Crippen molar-refractivity contribution in [3.8, 4) is 0 Å². The number of hydrogen-bond donors (Lipinski definition) is 1. The van der Waals surface area contributed by atoms with Gasteiger partial charge >= 0.3 is 0 Å². The lowest BCUT2D eigenvalue weighted by molar-refractivity contribution is 0.465. The van der Waals surface area contributed by atoms with Gasteiger partial charge in [-0.1, -0.05) is 11.6 Å². The van der Waals surface area contributed by atoms with E-state index in [1.165, 1.54) is 6.26 Å². The highest BCUT2D eigenvalue weighted by Crippen LogP contribution is 2.19. The fraction of sp³-hybridized carbons (Fsp3) is 0.545. The summed E-state index contributed by atoms with van der Waals surface area (Å²) in [4.78, 5) is 6.32. The minimum absolute atomic E-state index is 0.0498. The van der Waals surface area contributed by atoms with Gasteiger partial charge in [-0.05, 0) is 25.0 Å². The maximum Gasteiger partial charge on any atom is 0.209 e. The Balaban J connectivity index is 2.04. The van der Waals surface area contributed by atoms with E-state index in [9.17, 15) is 8.42 Å². The van der Waals surface area contributed by atoms with Gasteiger partial charge in [0.2, 0.25) is 10.0 Å². The number of rotatable bonds is 3. The van der Waals surface area contributed by atoms with Crippen LogP contribution in [-0.2, 0) is 10.0 Å². The first kappa shape index (κ1) is 13.6. The van der Waals surface area contributed by atoms with Gasteiger partial charge in [0, 0.05) is 25.3 Å². The largest absolute Gasteiger partial charge is 0.355 e. The molecule has 5 nitrogen and oxygen atoms in total. The van der Waals surface area contributed by atoms with Gasteiger partial charge in [-0.25, -0.2) is 18.1 Å². The molecule has 100 valence electrons. The molecule has 0 bridgehead atoms. The van der Waals surface area contributed by atoms with Crippen LogP contribution < -0.4 is 9.62 Å². The van der Waals surface area contributed by atoms with Crippen molar-refractivity contribution in [2.45, 2.75) is 18.9 Å². The molecule has 0 amide bonds. The number of piperidine rings is 1. The lowest BCUT2D eigenvalue weighted by atomic mass is 10.1. The first-order valence-electron chi connectivity index (χ1n) is 5.78. The molecule has 0 unspecified atom stereocenters. The van der Waals surface area contributed by atoms with E-state index >= 15 is 0 Å². The van der Waals surface area contributed by atoms with E-state index in [1.54, 1.807) is 12.3 Å². The third-order valence-corrected chi connectivity index (χ3v) is 3.82. The number of nitrogens with one attached hydrogen (secondary N) is 1. The second kappa shape index (κ2) is 5.42. The Morgan fingerprint density at radius 3 is 2.89 bits per heavy atom. The van der Waals surface area contributed by atoms with Gasteiger partial charge in [0.1, 0.15) is 5.82 Å². The maximum absolute atomic E-state index is 11.2. The highest BCUT2D eigenvalue weighted by molar-refractivity contribution is 7.88. The number of nitrogens with zero attached hydrogens (tertiary/aromatic N) is 2. The second-order valence-corrected chi connectivity index (χ2v) is 6.73. The Morgan fingerprint density at radius 2 is 2.28 bits per heavy atom. The Morgan fingerprint density at radius 1 is 1.50 bits per heavy atom. The smallest absolute Gasteiger partial charge is 0.209 e. The predicted molar refractivity (Wildman–Crippen MR) is 72.5 cm³/mol. The predicted octanol–water partition coefficient (Wildman–Crippen LogP) is 1.25. The van der Waals surface area contributed by atoms with Crippen LogP contribution in [0, 0.1) is 0 Å². The SMILES string of the molecule is CS(=O)(=O)N[C@H]1CCCN(c2ccc(Cl)cn2)C1. The fourth-order valence-electron chi connectivity index (χ4n) is 2.14. The highest BCUT2D eigenvalue weighted by Gasteiger charge is 2.22. The topological polar surface area (TPSA) is 62.3 Å². The summed E-state index contributed by atoms with van der Waals surface area (Å²) in [6.07, 6.45) is 4.59. The van der Waals surface area contributed by atoms with Crippen molar-refractivity contribution >= 4 is 27.4 Å². The molecule has 1 N–H and O–H groups in total. The van der Waals surface area contributed by atoms with E-state index in [2.05, 4.69) is 14.6 Å². The summed E-state index contributed by atoms with van der Waals surface area (Å²) >= 11 is 5.79. The molecule has 1 aliphatic heterocycles. The summed E-state index contributed by atoms with van der Waals surface area (Å²) < 4.78 is 25.1. The Bertz CT molecular complexity index is 504. The highest BCUT2D eigenvalue weighted by atomic mass is 35.5. The number of pyridine rings is 1. The summed E-state index contributed by atoms with van der Waals surface area (Å²) in [6.45, 7) is 1.53. The van der Waals surface area contributed by atoms with Crippen molar-refractivity contribution in [1.82, 2.24) is 9.71 Å². The zero-order valence-electron chi connectivity index (χ0n) is 10.1. The Labute approximate surface area is 112 Å². The molecule has 2 rings (SSSR count). The van der Waals surface area contributed by atoms with Crippen LogP contribution in [0.15, 0.2) is 18.3 Å². The number of aromatic nitrogens is 1. The van der Waals surface area contributed by atoms with Gasteiger partial charge in [-0.3, -0.25) is 0 Å². The minimum atomic E-state index is -3.15. The van der Waals surface area contributed by atoms with E-state index in [0.29, 0.717) is 11.6 Å². The minimum Gasteiger partial charge on any atom is -0.355 e.